The van der Waals surface area contributed by atoms with Gasteiger partial charge in [-0.2, -0.15) is 0 Å². The number of fused-ring (bicyclic) bond motifs is 2. The molecule has 1 saturated carbocycles. The summed E-state index contributed by atoms with van der Waals surface area (Å²) in [5, 5.41) is 0.441. The zero-order chi connectivity index (χ0) is 17.3. The standard InChI is InChI=1S/C20H19ClO3/c1-13-11-14-7-3-4-9-16(18(14)22)20(12-13,19(23)24-2)15-8-5-6-10-17(15)21/h3-6,8-10,14H,1,7,11-12H2,2H3/t14-,20-/m0/s1. The molecule has 2 atom stereocenters. The summed E-state index contributed by atoms with van der Waals surface area (Å²) in [6.45, 7) is 4.11. The summed E-state index contributed by atoms with van der Waals surface area (Å²) in [7, 11) is 1.34. The molecule has 0 saturated heterocycles. The van der Waals surface area contributed by atoms with E-state index in [9.17, 15) is 9.59 Å². The summed E-state index contributed by atoms with van der Waals surface area (Å²) in [6, 6.07) is 7.13. The number of halogens is 1. The van der Waals surface area contributed by atoms with Gasteiger partial charge in [-0.05, 0) is 30.9 Å². The second kappa shape index (κ2) is 6.40. The van der Waals surface area contributed by atoms with Gasteiger partial charge in [0, 0.05) is 16.5 Å². The molecule has 1 fully saturated rings. The van der Waals surface area contributed by atoms with Gasteiger partial charge < -0.3 is 4.74 Å². The molecule has 3 nitrogen and oxygen atoms in total. The van der Waals surface area contributed by atoms with Crippen LogP contribution < -0.4 is 0 Å². The zero-order valence-corrected chi connectivity index (χ0v) is 14.3. The Balaban J connectivity index is 2.34. The molecule has 2 aliphatic rings. The smallest absolute Gasteiger partial charge is 0.321 e. The van der Waals surface area contributed by atoms with Crippen molar-refractivity contribution in [2.24, 2.45) is 5.92 Å². The highest BCUT2D eigenvalue weighted by Crippen LogP contribution is 2.48. The molecule has 0 N–H and O–H groups in total. The lowest BCUT2D eigenvalue weighted by molar-refractivity contribution is -0.146. The van der Waals surface area contributed by atoms with Crippen molar-refractivity contribution in [3.05, 3.63) is 70.8 Å². The van der Waals surface area contributed by atoms with E-state index in [-0.39, 0.29) is 11.7 Å². The van der Waals surface area contributed by atoms with Gasteiger partial charge in [0.05, 0.1) is 7.11 Å². The zero-order valence-electron chi connectivity index (χ0n) is 13.5. The van der Waals surface area contributed by atoms with Gasteiger partial charge >= 0.3 is 5.97 Å². The number of esters is 1. The number of carbonyl (C=O) groups excluding carboxylic acids is 2. The van der Waals surface area contributed by atoms with Crippen molar-refractivity contribution in [2.45, 2.75) is 24.7 Å². The Bertz CT molecular complexity index is 775. The number of allylic oxidation sites excluding steroid dienone is 4. The lowest BCUT2D eigenvalue weighted by atomic mass is 9.69. The number of ether oxygens (including phenoxy) is 1. The molecule has 1 aromatic rings. The molecule has 0 heterocycles. The number of carbonyl (C=O) groups is 2. The van der Waals surface area contributed by atoms with Crippen LogP contribution in [0, 0.1) is 5.92 Å². The Morgan fingerprint density at radius 3 is 2.83 bits per heavy atom. The molecule has 0 radical (unpaired) electrons. The Kier molecular flexibility index (Phi) is 4.46. The van der Waals surface area contributed by atoms with E-state index >= 15 is 0 Å². The minimum atomic E-state index is -1.25. The van der Waals surface area contributed by atoms with Crippen molar-refractivity contribution in [3.63, 3.8) is 0 Å². The maximum atomic E-state index is 13.1. The molecule has 3 rings (SSSR count). The van der Waals surface area contributed by atoms with Gasteiger partial charge in [0.2, 0.25) is 0 Å². The van der Waals surface area contributed by atoms with Crippen LogP contribution in [-0.2, 0) is 19.7 Å². The topological polar surface area (TPSA) is 43.4 Å². The van der Waals surface area contributed by atoms with E-state index in [1.54, 1.807) is 24.3 Å². The molecule has 1 aromatic carbocycles. The molecule has 4 heteroatoms. The van der Waals surface area contributed by atoms with Crippen molar-refractivity contribution >= 4 is 23.4 Å². The van der Waals surface area contributed by atoms with Crippen LogP contribution in [0.15, 0.2) is 60.2 Å². The highest BCUT2D eigenvalue weighted by atomic mass is 35.5. The van der Waals surface area contributed by atoms with Gasteiger partial charge in [0.15, 0.2) is 5.78 Å². The molecule has 2 aliphatic carbocycles. The third-order valence-corrected chi connectivity index (χ3v) is 5.16. The molecule has 2 bridgehead atoms. The third-order valence-electron chi connectivity index (χ3n) is 4.83. The van der Waals surface area contributed by atoms with E-state index in [0.29, 0.717) is 35.4 Å². The Morgan fingerprint density at radius 1 is 1.38 bits per heavy atom. The third kappa shape index (κ3) is 2.53. The number of ketones is 1. The summed E-state index contributed by atoms with van der Waals surface area (Å²) in [5.74, 6) is -0.687. The van der Waals surface area contributed by atoms with Crippen LogP contribution in [0.5, 0.6) is 0 Å². The quantitative estimate of drug-likeness (QED) is 0.598. The largest absolute Gasteiger partial charge is 0.468 e. The Hall–Kier alpha value is -2.13. The molecular formula is C20H19ClO3. The van der Waals surface area contributed by atoms with Crippen LogP contribution in [0.2, 0.25) is 5.02 Å². The minimum Gasteiger partial charge on any atom is -0.468 e. The minimum absolute atomic E-state index is 0.0241. The van der Waals surface area contributed by atoms with Crippen LogP contribution in [-0.4, -0.2) is 18.9 Å². The molecule has 0 unspecified atom stereocenters. The van der Waals surface area contributed by atoms with Crippen LogP contribution in [0.4, 0.5) is 0 Å². The summed E-state index contributed by atoms with van der Waals surface area (Å²) in [6.07, 6.45) is 7.09. The van der Waals surface area contributed by atoms with Gasteiger partial charge in [-0.25, -0.2) is 0 Å². The monoisotopic (exact) mass is 342 g/mol. The number of rotatable bonds is 2. The fourth-order valence-electron chi connectivity index (χ4n) is 3.75. The highest BCUT2D eigenvalue weighted by molar-refractivity contribution is 6.32. The van der Waals surface area contributed by atoms with E-state index in [4.69, 9.17) is 16.3 Å². The molecule has 0 aromatic heterocycles. The summed E-state index contributed by atoms with van der Waals surface area (Å²) < 4.78 is 5.13. The van der Waals surface area contributed by atoms with E-state index in [2.05, 4.69) is 6.58 Å². The van der Waals surface area contributed by atoms with E-state index in [1.165, 1.54) is 7.11 Å². The number of Topliss-reactive ketones (excluding diaryl/α,β-unsaturated/α-hetero) is 1. The number of hydrogen-bond acceptors (Lipinski definition) is 3. The fourth-order valence-corrected chi connectivity index (χ4v) is 4.05. The average Bonchev–Trinajstić information content (AvgIpc) is 2.81. The van der Waals surface area contributed by atoms with Gasteiger partial charge in [0.25, 0.3) is 0 Å². The number of methoxy groups -OCH3 is 1. The number of hydrogen-bond donors (Lipinski definition) is 0. The summed E-state index contributed by atoms with van der Waals surface area (Å²) >= 11 is 6.42. The first-order chi connectivity index (χ1) is 11.5. The van der Waals surface area contributed by atoms with Crippen LogP contribution >= 0.6 is 11.6 Å². The van der Waals surface area contributed by atoms with E-state index in [1.807, 2.05) is 18.2 Å². The number of benzene rings is 1. The maximum absolute atomic E-state index is 13.1. The second-order valence-electron chi connectivity index (χ2n) is 6.31. The predicted molar refractivity (Wildman–Crippen MR) is 93.9 cm³/mol. The SMILES string of the molecule is C=C1C[C@@H]2CC=CC=C(C2=O)[C@@](C(=O)OC)(c2ccccc2Cl)C1. The van der Waals surface area contributed by atoms with Gasteiger partial charge in [0.1, 0.15) is 5.41 Å². The van der Waals surface area contributed by atoms with Crippen LogP contribution in [0.1, 0.15) is 24.8 Å². The molecule has 24 heavy (non-hydrogen) atoms. The lowest BCUT2D eigenvalue weighted by Crippen LogP contribution is -2.41. The average molecular weight is 343 g/mol. The summed E-state index contributed by atoms with van der Waals surface area (Å²) in [5.41, 5.74) is 0.650. The predicted octanol–water partition coefficient (Wildman–Crippen LogP) is 4.17. The van der Waals surface area contributed by atoms with Crippen molar-refractivity contribution in [2.75, 3.05) is 7.11 Å². The Morgan fingerprint density at radius 2 is 2.12 bits per heavy atom. The molecule has 0 spiro atoms. The van der Waals surface area contributed by atoms with Crippen LogP contribution in [0.25, 0.3) is 0 Å². The van der Waals surface area contributed by atoms with Crippen molar-refractivity contribution in [1.29, 1.82) is 0 Å². The van der Waals surface area contributed by atoms with Crippen LogP contribution in [0.3, 0.4) is 0 Å². The van der Waals surface area contributed by atoms with Crippen molar-refractivity contribution in [3.8, 4) is 0 Å². The van der Waals surface area contributed by atoms with Gasteiger partial charge in [-0.3, -0.25) is 9.59 Å². The highest BCUT2D eigenvalue weighted by Gasteiger charge is 2.51. The second-order valence-corrected chi connectivity index (χ2v) is 6.72. The van der Waals surface area contributed by atoms with E-state index in [0.717, 1.165) is 5.57 Å². The van der Waals surface area contributed by atoms with Gasteiger partial charge in [-0.15, -0.1) is 0 Å². The lowest BCUT2D eigenvalue weighted by Gasteiger charge is -2.33. The molecular weight excluding hydrogens is 324 g/mol. The first-order valence-corrected chi connectivity index (χ1v) is 8.30. The van der Waals surface area contributed by atoms with Gasteiger partial charge in [-0.1, -0.05) is 60.2 Å². The fraction of sp³-hybridized carbons (Fsp3) is 0.300. The van der Waals surface area contributed by atoms with Crippen molar-refractivity contribution < 1.29 is 14.3 Å². The Labute approximate surface area is 146 Å². The molecule has 0 amide bonds. The van der Waals surface area contributed by atoms with E-state index < -0.39 is 11.4 Å². The maximum Gasteiger partial charge on any atom is 0.321 e. The summed E-state index contributed by atoms with van der Waals surface area (Å²) in [4.78, 5) is 26.1. The first kappa shape index (κ1) is 16.7. The molecule has 0 aliphatic heterocycles. The normalized spacial score (nSPS) is 26.4. The molecule has 124 valence electrons. The first-order valence-electron chi connectivity index (χ1n) is 7.92. The van der Waals surface area contributed by atoms with Crippen molar-refractivity contribution in [1.82, 2.24) is 0 Å².